The van der Waals surface area contributed by atoms with Crippen LogP contribution >= 0.6 is 0 Å². The van der Waals surface area contributed by atoms with E-state index < -0.39 is 6.10 Å². The van der Waals surface area contributed by atoms with Crippen LogP contribution in [0.1, 0.15) is 17.0 Å². The molecular weight excluding hydrogens is 276 g/mol. The van der Waals surface area contributed by atoms with E-state index >= 15 is 0 Å². The van der Waals surface area contributed by atoms with Crippen LogP contribution < -0.4 is 0 Å². The maximum atomic E-state index is 12.4. The first-order valence-corrected chi connectivity index (χ1v) is 7.23. The summed E-state index contributed by atoms with van der Waals surface area (Å²) in [6.07, 6.45) is -0.618. The molecule has 0 spiro atoms. The predicted octanol–water partition coefficient (Wildman–Crippen LogP) is 2.66. The zero-order valence-corrected chi connectivity index (χ0v) is 12.6. The van der Waals surface area contributed by atoms with Crippen LogP contribution in [0, 0.1) is 0 Å². The summed E-state index contributed by atoms with van der Waals surface area (Å²) in [5.74, 6) is -0.276. The number of carbonyl (C=O) groups excluding carboxylic acids is 1. The largest absolute Gasteiger partial charge is 0.381 e. The van der Waals surface area contributed by atoms with Crippen molar-refractivity contribution in [1.29, 1.82) is 0 Å². The maximum Gasteiger partial charge on any atom is 0.267 e. The van der Waals surface area contributed by atoms with Gasteiger partial charge in [-0.05, 0) is 5.56 Å². The minimum absolute atomic E-state index is 0.0801. The molecule has 22 heavy (non-hydrogen) atoms. The van der Waals surface area contributed by atoms with E-state index in [9.17, 15) is 4.79 Å². The number of likely N-dealkylation sites (N-methyl/N-ethyl adjacent to an activating group) is 1. The third-order valence-corrected chi connectivity index (χ3v) is 3.77. The fourth-order valence-electron chi connectivity index (χ4n) is 2.65. The number of hydrogen-bond acceptors (Lipinski definition) is 3. The highest BCUT2D eigenvalue weighted by Gasteiger charge is 2.41. The van der Waals surface area contributed by atoms with Gasteiger partial charge in [-0.1, -0.05) is 65.8 Å². The molecule has 0 fully saturated rings. The molecule has 0 bridgehead atoms. The van der Waals surface area contributed by atoms with E-state index in [0.29, 0.717) is 0 Å². The average Bonchev–Trinajstić information content (AvgIpc) is 3.00. The lowest BCUT2D eigenvalue weighted by Gasteiger charge is -2.21. The summed E-state index contributed by atoms with van der Waals surface area (Å²) in [6, 6.07) is 19.8. The van der Waals surface area contributed by atoms with Gasteiger partial charge in [0.1, 0.15) is 0 Å². The summed E-state index contributed by atoms with van der Waals surface area (Å²) in [6.45, 7) is 0. The third kappa shape index (κ3) is 2.60. The Morgan fingerprint density at radius 1 is 1.00 bits per heavy atom. The molecule has 0 aromatic heterocycles. The predicted molar refractivity (Wildman–Crippen MR) is 85.7 cm³/mol. The van der Waals surface area contributed by atoms with Crippen LogP contribution in [0.15, 0.2) is 65.8 Å². The minimum atomic E-state index is -0.618. The Morgan fingerprint density at radius 2 is 1.59 bits per heavy atom. The van der Waals surface area contributed by atoms with E-state index in [1.54, 1.807) is 19.0 Å². The Kier molecular flexibility index (Phi) is 3.92. The molecule has 2 aromatic rings. The van der Waals surface area contributed by atoms with E-state index in [2.05, 4.69) is 5.16 Å². The maximum absolute atomic E-state index is 12.4. The number of hydrogen-bond donors (Lipinski definition) is 0. The van der Waals surface area contributed by atoms with E-state index in [1.807, 2.05) is 60.7 Å². The van der Waals surface area contributed by atoms with Crippen molar-refractivity contribution in [2.24, 2.45) is 5.16 Å². The Hall–Kier alpha value is -2.62. The van der Waals surface area contributed by atoms with Gasteiger partial charge in [-0.15, -0.1) is 0 Å². The van der Waals surface area contributed by atoms with Crippen molar-refractivity contribution in [2.45, 2.75) is 12.0 Å². The highest BCUT2D eigenvalue weighted by atomic mass is 16.6. The lowest BCUT2D eigenvalue weighted by atomic mass is 9.85. The van der Waals surface area contributed by atoms with Crippen molar-refractivity contribution >= 4 is 11.6 Å². The fraction of sp³-hybridized carbons (Fsp3) is 0.222. The first-order chi connectivity index (χ1) is 10.7. The molecule has 0 N–H and O–H groups in total. The quantitative estimate of drug-likeness (QED) is 0.873. The monoisotopic (exact) mass is 294 g/mol. The molecule has 0 saturated carbocycles. The van der Waals surface area contributed by atoms with E-state index in [0.717, 1.165) is 16.8 Å². The Balaban J connectivity index is 2.02. The number of benzene rings is 2. The summed E-state index contributed by atoms with van der Waals surface area (Å²) in [5, 5.41) is 4.22. The highest BCUT2D eigenvalue weighted by molar-refractivity contribution is 6.09. The molecule has 0 unspecified atom stereocenters. The molecule has 112 valence electrons. The standard InChI is InChI=1S/C18H18N2O2/c1-20(2)18(21)17-15(13-9-5-3-6-10-13)16(19-22-17)14-11-7-4-8-12-14/h3-12,15,17H,1-2H3/t15-,17-/m1/s1. The number of amides is 1. The zero-order valence-electron chi connectivity index (χ0n) is 12.6. The number of rotatable bonds is 3. The molecule has 2 aromatic carbocycles. The van der Waals surface area contributed by atoms with Gasteiger partial charge in [0.05, 0.1) is 11.6 Å². The number of nitrogens with zero attached hydrogens (tertiary/aromatic N) is 2. The summed E-state index contributed by atoms with van der Waals surface area (Å²) >= 11 is 0. The summed E-state index contributed by atoms with van der Waals surface area (Å²) in [4.78, 5) is 19.5. The average molecular weight is 294 g/mol. The molecular formula is C18H18N2O2. The molecule has 0 aliphatic carbocycles. The molecule has 1 aliphatic rings. The Labute approximate surface area is 130 Å². The van der Waals surface area contributed by atoms with Crippen molar-refractivity contribution in [1.82, 2.24) is 4.90 Å². The molecule has 1 amide bonds. The van der Waals surface area contributed by atoms with Crippen LogP contribution in [-0.2, 0) is 9.63 Å². The zero-order chi connectivity index (χ0) is 15.5. The first kappa shape index (κ1) is 14.3. The van der Waals surface area contributed by atoms with Crippen LogP contribution in [0.4, 0.5) is 0 Å². The van der Waals surface area contributed by atoms with Gasteiger partial charge in [0.25, 0.3) is 5.91 Å². The van der Waals surface area contributed by atoms with Gasteiger partial charge >= 0.3 is 0 Å². The smallest absolute Gasteiger partial charge is 0.267 e. The Bertz CT molecular complexity index is 681. The summed E-state index contributed by atoms with van der Waals surface area (Å²) in [7, 11) is 3.46. The van der Waals surface area contributed by atoms with Crippen LogP contribution in [0.5, 0.6) is 0 Å². The van der Waals surface area contributed by atoms with Crippen molar-refractivity contribution in [2.75, 3.05) is 14.1 Å². The molecule has 3 rings (SSSR count). The van der Waals surface area contributed by atoms with E-state index in [-0.39, 0.29) is 11.8 Å². The van der Waals surface area contributed by atoms with Gasteiger partial charge in [0, 0.05) is 19.7 Å². The van der Waals surface area contributed by atoms with Crippen LogP contribution in [0.2, 0.25) is 0 Å². The third-order valence-electron chi connectivity index (χ3n) is 3.77. The van der Waals surface area contributed by atoms with Crippen LogP contribution in [0.3, 0.4) is 0 Å². The normalized spacial score (nSPS) is 20.2. The topological polar surface area (TPSA) is 41.9 Å². The SMILES string of the molecule is CN(C)C(=O)[C@@H]1ON=C(c2ccccc2)[C@H]1c1ccccc1. The molecule has 0 radical (unpaired) electrons. The van der Waals surface area contributed by atoms with Gasteiger partial charge in [0.15, 0.2) is 0 Å². The molecule has 0 saturated heterocycles. The van der Waals surface area contributed by atoms with Gasteiger partial charge in [-0.3, -0.25) is 4.79 Å². The number of oxime groups is 1. The van der Waals surface area contributed by atoms with Gasteiger partial charge < -0.3 is 9.74 Å². The Morgan fingerprint density at radius 3 is 2.18 bits per heavy atom. The van der Waals surface area contributed by atoms with Crippen molar-refractivity contribution < 1.29 is 9.63 Å². The van der Waals surface area contributed by atoms with E-state index in [1.165, 1.54) is 0 Å². The lowest BCUT2D eigenvalue weighted by Crippen LogP contribution is -2.38. The second kappa shape index (κ2) is 6.02. The minimum Gasteiger partial charge on any atom is -0.381 e. The van der Waals surface area contributed by atoms with Crippen molar-refractivity contribution in [3.05, 3.63) is 71.8 Å². The van der Waals surface area contributed by atoms with Gasteiger partial charge in [-0.2, -0.15) is 0 Å². The van der Waals surface area contributed by atoms with Crippen LogP contribution in [-0.4, -0.2) is 36.7 Å². The molecule has 1 aliphatic heterocycles. The fourth-order valence-corrected chi connectivity index (χ4v) is 2.65. The second-order valence-electron chi connectivity index (χ2n) is 5.49. The lowest BCUT2D eigenvalue weighted by molar-refractivity contribution is -0.140. The van der Waals surface area contributed by atoms with Crippen LogP contribution in [0.25, 0.3) is 0 Å². The van der Waals surface area contributed by atoms with Gasteiger partial charge in [0.2, 0.25) is 6.10 Å². The summed E-state index contributed by atoms with van der Waals surface area (Å²) in [5.41, 5.74) is 2.81. The molecule has 2 atom stereocenters. The van der Waals surface area contributed by atoms with Gasteiger partial charge in [-0.25, -0.2) is 0 Å². The van der Waals surface area contributed by atoms with Crippen molar-refractivity contribution in [3.8, 4) is 0 Å². The summed E-state index contributed by atoms with van der Waals surface area (Å²) < 4.78 is 0. The van der Waals surface area contributed by atoms with E-state index in [4.69, 9.17) is 4.84 Å². The molecule has 4 heteroatoms. The highest BCUT2D eigenvalue weighted by Crippen LogP contribution is 2.33. The second-order valence-corrected chi connectivity index (χ2v) is 5.49. The molecule has 1 heterocycles. The first-order valence-electron chi connectivity index (χ1n) is 7.23. The molecule has 4 nitrogen and oxygen atoms in total. The van der Waals surface area contributed by atoms with Crippen molar-refractivity contribution in [3.63, 3.8) is 0 Å². The number of carbonyl (C=O) groups is 1.